The van der Waals surface area contributed by atoms with Gasteiger partial charge in [-0.25, -0.2) is 4.79 Å². The average Bonchev–Trinajstić information content (AvgIpc) is 2.71. The fourth-order valence-corrected chi connectivity index (χ4v) is 1.40. The average molecular weight is 257 g/mol. The number of methoxy groups -OCH3 is 1. The van der Waals surface area contributed by atoms with Gasteiger partial charge in [-0.2, -0.15) is 0 Å². The Balaban J connectivity index is 2.53. The molecule has 0 radical (unpaired) electrons. The van der Waals surface area contributed by atoms with Crippen LogP contribution in [0.4, 0.5) is 0 Å². The third-order valence-corrected chi connectivity index (χ3v) is 2.28. The van der Waals surface area contributed by atoms with E-state index in [1.165, 1.54) is 0 Å². The summed E-state index contributed by atoms with van der Waals surface area (Å²) in [4.78, 5) is 11.6. The summed E-state index contributed by atoms with van der Waals surface area (Å²) in [7, 11) is 1.62. The monoisotopic (exact) mass is 257 g/mol. The van der Waals surface area contributed by atoms with Gasteiger partial charge in [0.25, 0.3) is 0 Å². The summed E-state index contributed by atoms with van der Waals surface area (Å²) in [6, 6.07) is 0. The molecule has 0 amide bonds. The zero-order valence-corrected chi connectivity index (χ0v) is 11.0. The lowest BCUT2D eigenvalue weighted by Crippen LogP contribution is -2.17. The van der Waals surface area contributed by atoms with Gasteiger partial charge in [0.1, 0.15) is 5.82 Å². The second kappa shape index (κ2) is 7.78. The van der Waals surface area contributed by atoms with E-state index in [9.17, 15) is 4.79 Å². The van der Waals surface area contributed by atoms with Crippen LogP contribution in [-0.2, 0) is 20.8 Å². The Bertz CT molecular complexity index is 378. The molecule has 0 aliphatic carbocycles. The molecular formula is C11H19N3O4. The van der Waals surface area contributed by atoms with Crippen LogP contribution < -0.4 is 0 Å². The fraction of sp³-hybridized carbons (Fsp3) is 0.727. The van der Waals surface area contributed by atoms with Crippen LogP contribution >= 0.6 is 0 Å². The largest absolute Gasteiger partial charge is 0.460 e. The number of ether oxygens (including phenoxy) is 3. The van der Waals surface area contributed by atoms with Crippen LogP contribution in [0.1, 0.15) is 23.4 Å². The number of aromatic nitrogens is 3. The van der Waals surface area contributed by atoms with Crippen molar-refractivity contribution in [2.24, 2.45) is 0 Å². The normalized spacial score (nSPS) is 10.6. The van der Waals surface area contributed by atoms with Gasteiger partial charge in [0.15, 0.2) is 0 Å². The van der Waals surface area contributed by atoms with Crippen molar-refractivity contribution in [3.05, 3.63) is 11.6 Å². The number of carbonyl (C=O) groups excluding carboxylic acids is 1. The molecule has 1 rings (SSSR count). The molecular weight excluding hydrogens is 238 g/mol. The lowest BCUT2D eigenvalue weighted by atomic mass is 10.5. The Morgan fingerprint density at radius 3 is 2.72 bits per heavy atom. The van der Waals surface area contributed by atoms with E-state index in [2.05, 4.69) is 10.2 Å². The summed E-state index contributed by atoms with van der Waals surface area (Å²) in [6.45, 7) is 5.89. The molecule has 7 heteroatoms. The second-order valence-electron chi connectivity index (χ2n) is 3.55. The Morgan fingerprint density at radius 1 is 1.28 bits per heavy atom. The molecule has 0 unspecified atom stereocenters. The Kier molecular flexibility index (Phi) is 6.31. The molecule has 0 spiro atoms. The zero-order chi connectivity index (χ0) is 13.4. The van der Waals surface area contributed by atoms with Crippen LogP contribution in [-0.4, -0.2) is 54.3 Å². The van der Waals surface area contributed by atoms with Crippen molar-refractivity contribution < 1.29 is 19.0 Å². The molecule has 0 aliphatic rings. The Labute approximate surface area is 106 Å². The molecule has 1 heterocycles. The summed E-state index contributed by atoms with van der Waals surface area (Å²) in [5.74, 6) is 0.410. The van der Waals surface area contributed by atoms with Crippen molar-refractivity contribution in [2.75, 3.05) is 33.5 Å². The maximum absolute atomic E-state index is 11.6. The molecule has 0 N–H and O–H groups in total. The third-order valence-electron chi connectivity index (χ3n) is 2.28. The van der Waals surface area contributed by atoms with Crippen LogP contribution in [0.15, 0.2) is 0 Å². The Morgan fingerprint density at radius 2 is 2.06 bits per heavy atom. The van der Waals surface area contributed by atoms with Crippen molar-refractivity contribution in [3.8, 4) is 0 Å². The highest BCUT2D eigenvalue weighted by Gasteiger charge is 2.17. The van der Waals surface area contributed by atoms with Crippen molar-refractivity contribution in [1.29, 1.82) is 0 Å². The van der Waals surface area contributed by atoms with E-state index in [0.717, 1.165) is 0 Å². The quantitative estimate of drug-likeness (QED) is 0.496. The maximum Gasteiger partial charge on any atom is 0.376 e. The van der Waals surface area contributed by atoms with Crippen LogP contribution in [0.3, 0.4) is 0 Å². The number of esters is 1. The Hall–Kier alpha value is -1.47. The summed E-state index contributed by atoms with van der Waals surface area (Å²) >= 11 is 0. The molecule has 7 nitrogen and oxygen atoms in total. The topological polar surface area (TPSA) is 75.5 Å². The maximum atomic E-state index is 11.6. The fourth-order valence-electron chi connectivity index (χ4n) is 1.40. The number of hydrogen-bond donors (Lipinski definition) is 0. The van der Waals surface area contributed by atoms with Crippen LogP contribution in [0.2, 0.25) is 0 Å². The predicted octanol–water partition coefficient (Wildman–Crippen LogP) is 0.426. The highest BCUT2D eigenvalue weighted by molar-refractivity contribution is 5.85. The summed E-state index contributed by atoms with van der Waals surface area (Å²) < 4.78 is 16.8. The molecule has 0 atom stereocenters. The number of hydrogen-bond acceptors (Lipinski definition) is 6. The summed E-state index contributed by atoms with van der Waals surface area (Å²) in [6.07, 6.45) is 0. The molecule has 1 aromatic rings. The highest BCUT2D eigenvalue weighted by atomic mass is 16.5. The van der Waals surface area contributed by atoms with Gasteiger partial charge < -0.3 is 18.8 Å². The number of carbonyl (C=O) groups is 1. The van der Waals surface area contributed by atoms with Crippen LogP contribution in [0.5, 0.6) is 0 Å². The lowest BCUT2D eigenvalue weighted by molar-refractivity contribution is 0.0491. The molecule has 0 aromatic carbocycles. The first-order chi connectivity index (χ1) is 8.70. The predicted molar refractivity (Wildman–Crippen MR) is 63.4 cm³/mol. The number of rotatable bonds is 8. The molecule has 0 bridgehead atoms. The van der Waals surface area contributed by atoms with Crippen LogP contribution in [0, 0.1) is 6.92 Å². The molecule has 102 valence electrons. The summed E-state index contributed by atoms with van der Waals surface area (Å²) in [5, 5.41) is 7.67. The van der Waals surface area contributed by atoms with Crippen molar-refractivity contribution in [3.63, 3.8) is 0 Å². The molecule has 1 aromatic heterocycles. The van der Waals surface area contributed by atoms with Gasteiger partial charge in [0.2, 0.25) is 5.82 Å². The molecule has 0 aliphatic heterocycles. The van der Waals surface area contributed by atoms with Crippen molar-refractivity contribution >= 4 is 5.97 Å². The second-order valence-corrected chi connectivity index (χ2v) is 3.55. The zero-order valence-electron chi connectivity index (χ0n) is 11.0. The van der Waals surface area contributed by atoms with Crippen LogP contribution in [0.25, 0.3) is 0 Å². The third kappa shape index (κ3) is 4.08. The van der Waals surface area contributed by atoms with E-state index < -0.39 is 5.97 Å². The SMILES string of the molecule is CCOC(=O)c1nnc(C)n1CCOCCOC. The summed E-state index contributed by atoms with van der Waals surface area (Å²) in [5.41, 5.74) is 0. The first-order valence-electron chi connectivity index (χ1n) is 5.84. The minimum Gasteiger partial charge on any atom is -0.460 e. The molecule has 0 saturated carbocycles. The number of aryl methyl sites for hydroxylation is 1. The van der Waals surface area contributed by atoms with Gasteiger partial charge in [-0.3, -0.25) is 0 Å². The van der Waals surface area contributed by atoms with Gasteiger partial charge in [-0.05, 0) is 13.8 Å². The smallest absolute Gasteiger partial charge is 0.376 e. The van der Waals surface area contributed by atoms with Gasteiger partial charge >= 0.3 is 5.97 Å². The molecule has 0 fully saturated rings. The van der Waals surface area contributed by atoms with Gasteiger partial charge in [-0.1, -0.05) is 0 Å². The van der Waals surface area contributed by atoms with E-state index in [-0.39, 0.29) is 5.82 Å². The van der Waals surface area contributed by atoms with Crippen molar-refractivity contribution in [1.82, 2.24) is 14.8 Å². The first-order valence-corrected chi connectivity index (χ1v) is 5.84. The van der Waals surface area contributed by atoms with E-state index in [0.29, 0.717) is 38.8 Å². The highest BCUT2D eigenvalue weighted by Crippen LogP contribution is 2.03. The van der Waals surface area contributed by atoms with Gasteiger partial charge in [-0.15, -0.1) is 10.2 Å². The lowest BCUT2D eigenvalue weighted by Gasteiger charge is -2.08. The standard InChI is InChI=1S/C11H19N3O4/c1-4-18-11(15)10-13-12-9(2)14(10)5-6-17-8-7-16-3/h4-8H2,1-3H3. The minimum atomic E-state index is -0.463. The first kappa shape index (κ1) is 14.6. The van der Waals surface area contributed by atoms with Gasteiger partial charge in [0, 0.05) is 13.7 Å². The van der Waals surface area contributed by atoms with E-state index in [1.807, 2.05) is 0 Å². The van der Waals surface area contributed by atoms with Crippen molar-refractivity contribution in [2.45, 2.75) is 20.4 Å². The van der Waals surface area contributed by atoms with E-state index >= 15 is 0 Å². The van der Waals surface area contributed by atoms with E-state index in [4.69, 9.17) is 14.2 Å². The minimum absolute atomic E-state index is 0.213. The van der Waals surface area contributed by atoms with Gasteiger partial charge in [0.05, 0.1) is 26.4 Å². The molecule has 0 saturated heterocycles. The van der Waals surface area contributed by atoms with E-state index in [1.54, 1.807) is 25.5 Å². The molecule has 18 heavy (non-hydrogen) atoms. The number of nitrogens with zero attached hydrogens (tertiary/aromatic N) is 3.